The third-order valence-corrected chi connectivity index (χ3v) is 0. The van der Waals surface area contributed by atoms with Gasteiger partial charge in [-0.3, -0.25) is 0 Å². The third-order valence-electron chi connectivity index (χ3n) is 0. The summed E-state index contributed by atoms with van der Waals surface area (Å²) in [5.41, 5.74) is 0. The first-order valence-electron chi connectivity index (χ1n) is 2.31. The maximum atomic E-state index is 2.00. The van der Waals surface area contributed by atoms with Gasteiger partial charge in [0.1, 0.15) is 0 Å². The number of hydrogen-bond acceptors (Lipinski definition) is 2. The van der Waals surface area contributed by atoms with Gasteiger partial charge in [0, 0.05) is 0 Å². The zero-order chi connectivity index (χ0) is 5.41. The Morgan fingerprint density at radius 1 is 0.667 bits per heavy atom. The van der Waals surface area contributed by atoms with Crippen LogP contribution in [0.2, 0.25) is 0 Å². The van der Waals surface area contributed by atoms with E-state index in [2.05, 4.69) is 0 Å². The van der Waals surface area contributed by atoms with Crippen molar-refractivity contribution in [2.45, 2.75) is 27.7 Å². The molecule has 0 aromatic heterocycles. The molecule has 0 aromatic rings. The minimum Gasteiger partial charge on any atom is -0.870 e. The normalized spacial score (nSPS) is 4.00. The molecule has 0 aliphatic heterocycles. The second-order valence-corrected chi connectivity index (χ2v) is 1.15. The summed E-state index contributed by atoms with van der Waals surface area (Å²) < 4.78 is 0. The topological polar surface area (TPSA) is 60.0 Å². The van der Waals surface area contributed by atoms with Crippen LogP contribution in [0.1, 0.15) is 27.7 Å². The van der Waals surface area contributed by atoms with Gasteiger partial charge in [-0.05, 0) is 0 Å². The van der Waals surface area contributed by atoms with E-state index < -0.39 is 0 Å². The van der Waals surface area contributed by atoms with Gasteiger partial charge in [-0.1, -0.05) is 0 Å². The zero-order valence-corrected chi connectivity index (χ0v) is 8.11. The molecule has 0 atom stereocenters. The molecule has 0 aliphatic rings. The summed E-state index contributed by atoms with van der Waals surface area (Å²) in [5.74, 6) is 0. The Hall–Kier alpha value is 0.634. The molecule has 0 aliphatic carbocycles. The molecule has 9 heavy (non-hydrogen) atoms. The van der Waals surface area contributed by atoms with Crippen LogP contribution >= 0.6 is 0 Å². The standard InChI is InChI=1S/2C3H7.2H2O.Ti/c2*1-3-2;;;/h2*3H,1-2H3;2*1H2;/q2*-1;;;+4/p-2. The maximum absolute atomic E-state index is 2.00. The van der Waals surface area contributed by atoms with Crippen LogP contribution in [0.15, 0.2) is 0 Å². The Labute approximate surface area is 73.5 Å². The summed E-state index contributed by atoms with van der Waals surface area (Å²) in [6.07, 6.45) is 4.00. The first kappa shape index (κ1) is 33.4. The molecule has 0 fully saturated rings. The summed E-state index contributed by atoms with van der Waals surface area (Å²) in [6.45, 7) is 8.00. The summed E-state index contributed by atoms with van der Waals surface area (Å²) in [5, 5.41) is 0. The van der Waals surface area contributed by atoms with Crippen LogP contribution in [0, 0.1) is 12.8 Å². The van der Waals surface area contributed by atoms with E-state index in [0.29, 0.717) is 0 Å². The van der Waals surface area contributed by atoms with Crippen LogP contribution in [-0.4, -0.2) is 11.0 Å². The van der Waals surface area contributed by atoms with E-state index in [1.54, 1.807) is 0 Å². The molecule has 0 saturated heterocycles. The smallest absolute Gasteiger partial charge is 0.870 e. The first-order valence-corrected chi connectivity index (χ1v) is 2.31. The molecule has 0 saturated carbocycles. The van der Waals surface area contributed by atoms with Crippen LogP contribution in [0.5, 0.6) is 0 Å². The van der Waals surface area contributed by atoms with E-state index >= 15 is 0 Å². The number of rotatable bonds is 0. The molecule has 0 rings (SSSR count). The van der Waals surface area contributed by atoms with Gasteiger partial charge in [0.15, 0.2) is 0 Å². The molecule has 2 nitrogen and oxygen atoms in total. The summed E-state index contributed by atoms with van der Waals surface area (Å²) in [6, 6.07) is 0. The van der Waals surface area contributed by atoms with E-state index in [9.17, 15) is 0 Å². The van der Waals surface area contributed by atoms with Gasteiger partial charge in [-0.2, -0.15) is 27.7 Å². The van der Waals surface area contributed by atoms with Crippen molar-refractivity contribution in [3.8, 4) is 0 Å². The Morgan fingerprint density at radius 2 is 0.667 bits per heavy atom. The Bertz CT molecular complexity index is 13.0. The molecular weight excluding hydrogens is 152 g/mol. The molecule has 0 heterocycles. The molecular formula is C6H16O2Ti. The van der Waals surface area contributed by atoms with Crippen molar-refractivity contribution in [1.29, 1.82) is 0 Å². The van der Waals surface area contributed by atoms with Gasteiger partial charge in [0.25, 0.3) is 0 Å². The molecule has 0 amide bonds. The van der Waals surface area contributed by atoms with Crippen molar-refractivity contribution in [1.82, 2.24) is 0 Å². The summed E-state index contributed by atoms with van der Waals surface area (Å²) in [7, 11) is 0. The fourth-order valence-electron chi connectivity index (χ4n) is 0. The van der Waals surface area contributed by atoms with E-state index in [1.807, 2.05) is 40.5 Å². The van der Waals surface area contributed by atoms with Crippen molar-refractivity contribution < 1.29 is 32.7 Å². The minimum atomic E-state index is 0. The summed E-state index contributed by atoms with van der Waals surface area (Å²) in [4.78, 5) is 0. The molecule has 0 bridgehead atoms. The van der Waals surface area contributed by atoms with Crippen LogP contribution in [0.25, 0.3) is 0 Å². The van der Waals surface area contributed by atoms with E-state index in [1.165, 1.54) is 0 Å². The van der Waals surface area contributed by atoms with Gasteiger partial charge in [-0.25, -0.2) is 0 Å². The molecule has 56 valence electrons. The monoisotopic (exact) mass is 168 g/mol. The molecule has 0 unspecified atom stereocenters. The SMILES string of the molecule is C[CH-]C.C[CH-]C.[OH-].[OH-].[Ti+4]. The zero-order valence-electron chi connectivity index (χ0n) is 6.55. The van der Waals surface area contributed by atoms with Gasteiger partial charge in [-0.15, -0.1) is 0 Å². The van der Waals surface area contributed by atoms with E-state index in [4.69, 9.17) is 0 Å². The fraction of sp³-hybridized carbons (Fsp3) is 0.667. The van der Waals surface area contributed by atoms with Crippen molar-refractivity contribution in [2.75, 3.05) is 0 Å². The molecule has 0 radical (unpaired) electrons. The van der Waals surface area contributed by atoms with Crippen LogP contribution in [-0.2, 0) is 21.7 Å². The van der Waals surface area contributed by atoms with Crippen molar-refractivity contribution in [3.63, 3.8) is 0 Å². The summed E-state index contributed by atoms with van der Waals surface area (Å²) >= 11 is 0. The molecule has 3 heteroatoms. The molecule has 0 aromatic carbocycles. The molecule has 2 N–H and O–H groups in total. The van der Waals surface area contributed by atoms with Crippen LogP contribution in [0.4, 0.5) is 0 Å². The Morgan fingerprint density at radius 3 is 0.667 bits per heavy atom. The Kier molecular flexibility index (Phi) is 269. The Balaban J connectivity index is -0.00000000889. The van der Waals surface area contributed by atoms with Crippen molar-refractivity contribution in [2.24, 2.45) is 0 Å². The first-order chi connectivity index (χ1) is 2.83. The average molecular weight is 168 g/mol. The largest absolute Gasteiger partial charge is 4.00 e. The fourth-order valence-corrected chi connectivity index (χ4v) is 0. The maximum Gasteiger partial charge on any atom is 4.00 e. The predicted octanol–water partition coefficient (Wildman–Crippen LogP) is 2.10. The molecule has 0 spiro atoms. The van der Waals surface area contributed by atoms with Gasteiger partial charge < -0.3 is 23.8 Å². The van der Waals surface area contributed by atoms with Gasteiger partial charge >= 0.3 is 21.7 Å². The second kappa shape index (κ2) is 72.5. The van der Waals surface area contributed by atoms with Gasteiger partial charge in [0.2, 0.25) is 0 Å². The van der Waals surface area contributed by atoms with Crippen molar-refractivity contribution >= 4 is 0 Å². The van der Waals surface area contributed by atoms with Crippen LogP contribution < -0.4 is 0 Å². The quantitative estimate of drug-likeness (QED) is 0.410. The van der Waals surface area contributed by atoms with E-state index in [0.717, 1.165) is 0 Å². The second-order valence-electron chi connectivity index (χ2n) is 1.15. The average Bonchev–Trinajstić information content (AvgIpc) is 1.39. The van der Waals surface area contributed by atoms with E-state index in [-0.39, 0.29) is 32.7 Å². The number of hydrogen-bond donors (Lipinski definition) is 0. The third kappa shape index (κ3) is 945. The van der Waals surface area contributed by atoms with Gasteiger partial charge in [0.05, 0.1) is 0 Å². The minimum absolute atomic E-state index is 0. The van der Waals surface area contributed by atoms with Crippen molar-refractivity contribution in [3.05, 3.63) is 12.8 Å². The predicted molar refractivity (Wildman–Crippen MR) is 35.2 cm³/mol. The van der Waals surface area contributed by atoms with Crippen LogP contribution in [0.3, 0.4) is 0 Å².